The van der Waals surface area contributed by atoms with Crippen molar-refractivity contribution in [3.05, 3.63) is 103 Å². The van der Waals surface area contributed by atoms with E-state index in [2.05, 4.69) is 48.6 Å². The van der Waals surface area contributed by atoms with Crippen LogP contribution in [0.2, 0.25) is 18.1 Å². The first kappa shape index (κ1) is 34.1. The molecule has 0 saturated carbocycles. The molecular formula is C35H42N4O6SSi. The summed E-state index contributed by atoms with van der Waals surface area (Å²) in [5.41, 5.74) is 3.78. The number of aromatic nitrogens is 2. The lowest BCUT2D eigenvalue weighted by Crippen LogP contribution is -2.46. The number of hydrogen-bond donors (Lipinski definition) is 2. The first-order valence-electron chi connectivity index (χ1n) is 15.6. The van der Waals surface area contributed by atoms with Crippen molar-refractivity contribution in [3.63, 3.8) is 0 Å². The van der Waals surface area contributed by atoms with Crippen molar-refractivity contribution in [2.24, 2.45) is 0 Å². The standard InChI is InChI=1S/C35H42N4O6SSi/c1-35(2,3)47(4,5)45-33(27-10-9-19-36-21-27)24-39(34(40)41)23-29-16-13-26-20-25(14-18-32(26)44-29)31-17-15-28(22-37-31)38-46(42,43)30-11-7-6-8-12-30/h6-12,14-15,17-22,29,33,38H,13,16,23-24H2,1-5H3,(H,40,41)/t29-,33+/m1/s1. The van der Waals surface area contributed by atoms with E-state index in [-0.39, 0.29) is 29.1 Å². The van der Waals surface area contributed by atoms with Crippen molar-refractivity contribution in [2.75, 3.05) is 17.8 Å². The molecule has 0 bridgehead atoms. The quantitative estimate of drug-likeness (QED) is 0.158. The lowest BCUT2D eigenvalue weighted by Gasteiger charge is -2.40. The highest BCUT2D eigenvalue weighted by Gasteiger charge is 2.40. The van der Waals surface area contributed by atoms with Crippen LogP contribution in [0.3, 0.4) is 0 Å². The number of carbonyl (C=O) groups is 1. The van der Waals surface area contributed by atoms with E-state index in [1.54, 1.807) is 42.7 Å². The Balaban J connectivity index is 1.26. The molecule has 0 aliphatic carbocycles. The third-order valence-electron chi connectivity index (χ3n) is 8.83. The molecule has 10 nitrogen and oxygen atoms in total. The highest BCUT2D eigenvalue weighted by molar-refractivity contribution is 7.92. The van der Waals surface area contributed by atoms with Crippen LogP contribution in [0.1, 0.15) is 44.4 Å². The van der Waals surface area contributed by atoms with E-state index in [9.17, 15) is 18.3 Å². The summed E-state index contributed by atoms with van der Waals surface area (Å²) >= 11 is 0. The summed E-state index contributed by atoms with van der Waals surface area (Å²) < 4.78 is 40.9. The molecule has 4 aromatic rings. The Morgan fingerprint density at radius 1 is 1.09 bits per heavy atom. The number of amides is 1. The summed E-state index contributed by atoms with van der Waals surface area (Å²) in [6.45, 7) is 11.2. The maximum Gasteiger partial charge on any atom is 0.407 e. The minimum Gasteiger partial charge on any atom is -0.488 e. The Morgan fingerprint density at radius 2 is 1.85 bits per heavy atom. The smallest absolute Gasteiger partial charge is 0.407 e. The normalized spacial score (nSPS) is 15.6. The van der Waals surface area contributed by atoms with Crippen LogP contribution in [0, 0.1) is 0 Å². The fourth-order valence-corrected chi connectivity index (χ4v) is 7.50. The average molecular weight is 675 g/mol. The zero-order chi connectivity index (χ0) is 33.8. The Morgan fingerprint density at radius 3 is 2.49 bits per heavy atom. The second-order valence-electron chi connectivity index (χ2n) is 13.3. The summed E-state index contributed by atoms with van der Waals surface area (Å²) in [4.78, 5) is 22.8. The van der Waals surface area contributed by atoms with E-state index in [0.29, 0.717) is 30.0 Å². The van der Waals surface area contributed by atoms with Gasteiger partial charge in [-0.25, -0.2) is 13.2 Å². The molecule has 1 aliphatic rings. The van der Waals surface area contributed by atoms with E-state index >= 15 is 0 Å². The van der Waals surface area contributed by atoms with Gasteiger partial charge in [-0.1, -0.05) is 45.0 Å². The molecule has 0 unspecified atom stereocenters. The van der Waals surface area contributed by atoms with Gasteiger partial charge in [0.1, 0.15) is 11.9 Å². The van der Waals surface area contributed by atoms with Crippen LogP contribution >= 0.6 is 0 Å². The molecular weight excluding hydrogens is 633 g/mol. The molecule has 3 heterocycles. The number of nitrogens with one attached hydrogen (secondary N) is 1. The molecule has 248 valence electrons. The van der Waals surface area contributed by atoms with Gasteiger partial charge in [-0.2, -0.15) is 0 Å². The van der Waals surface area contributed by atoms with E-state index in [4.69, 9.17) is 9.16 Å². The number of anilines is 1. The maximum atomic E-state index is 12.7. The number of aryl methyl sites for hydroxylation is 1. The molecule has 0 spiro atoms. The number of ether oxygens (including phenoxy) is 1. The van der Waals surface area contributed by atoms with Crippen LogP contribution in [-0.4, -0.2) is 62.0 Å². The van der Waals surface area contributed by atoms with E-state index in [0.717, 1.165) is 16.7 Å². The van der Waals surface area contributed by atoms with Gasteiger partial charge >= 0.3 is 6.09 Å². The number of fused-ring (bicyclic) bond motifs is 1. The van der Waals surface area contributed by atoms with Gasteiger partial charge in [-0.15, -0.1) is 0 Å². The van der Waals surface area contributed by atoms with E-state index in [1.165, 1.54) is 23.2 Å². The molecule has 0 saturated heterocycles. The first-order chi connectivity index (χ1) is 22.2. The third kappa shape index (κ3) is 8.37. The van der Waals surface area contributed by atoms with Gasteiger partial charge < -0.3 is 19.2 Å². The highest BCUT2D eigenvalue weighted by Crippen LogP contribution is 2.40. The second-order valence-corrected chi connectivity index (χ2v) is 19.7. The van der Waals surface area contributed by atoms with Crippen molar-refractivity contribution < 1.29 is 27.5 Å². The zero-order valence-corrected chi connectivity index (χ0v) is 29.2. The SMILES string of the molecule is CC(C)(C)[Si](C)(C)O[C@@H](CN(C[C@H]1CCc2cc(-c3ccc(NS(=O)(=O)c4ccccc4)cn3)ccc2O1)C(=O)O)c1cccnc1. The Kier molecular flexibility index (Phi) is 10.0. The van der Waals surface area contributed by atoms with E-state index in [1.807, 2.05) is 30.3 Å². The topological polar surface area (TPSA) is 131 Å². The number of carboxylic acid groups (broad SMARTS) is 1. The number of sulfonamides is 1. The van der Waals surface area contributed by atoms with Crippen molar-refractivity contribution in [3.8, 4) is 17.0 Å². The summed E-state index contributed by atoms with van der Waals surface area (Å²) in [6.07, 6.45) is 4.50. The largest absolute Gasteiger partial charge is 0.488 e. The van der Waals surface area contributed by atoms with Gasteiger partial charge in [0.05, 0.1) is 41.7 Å². The lowest BCUT2D eigenvalue weighted by atomic mass is 9.98. The molecule has 0 fully saturated rings. The Labute approximate surface area is 278 Å². The van der Waals surface area contributed by atoms with Gasteiger partial charge in [0.2, 0.25) is 0 Å². The molecule has 2 aromatic carbocycles. The van der Waals surface area contributed by atoms with E-state index < -0.39 is 30.5 Å². The van der Waals surface area contributed by atoms with Gasteiger partial charge in [-0.3, -0.25) is 14.7 Å². The van der Waals surface area contributed by atoms with Gasteiger partial charge in [0.15, 0.2) is 8.32 Å². The molecule has 2 N–H and O–H groups in total. The van der Waals surface area contributed by atoms with Crippen LogP contribution in [0.25, 0.3) is 11.3 Å². The number of hydrogen-bond acceptors (Lipinski definition) is 7. The van der Waals surface area contributed by atoms with Crippen molar-refractivity contribution in [2.45, 2.75) is 68.8 Å². The predicted octanol–water partition coefficient (Wildman–Crippen LogP) is 7.38. The van der Waals surface area contributed by atoms with Crippen LogP contribution < -0.4 is 9.46 Å². The number of pyridine rings is 2. The molecule has 12 heteroatoms. The van der Waals surface area contributed by atoms with Gasteiger partial charge in [0, 0.05) is 18.0 Å². The van der Waals surface area contributed by atoms with Crippen molar-refractivity contribution >= 4 is 30.1 Å². The molecule has 2 atom stereocenters. The lowest BCUT2D eigenvalue weighted by molar-refractivity contribution is 0.0688. The van der Waals surface area contributed by atoms with Crippen molar-refractivity contribution in [1.29, 1.82) is 0 Å². The predicted molar refractivity (Wildman–Crippen MR) is 185 cm³/mol. The minimum absolute atomic E-state index is 0.0476. The number of nitrogens with zero attached hydrogens (tertiary/aromatic N) is 3. The van der Waals surface area contributed by atoms with Crippen LogP contribution in [0.5, 0.6) is 5.75 Å². The minimum atomic E-state index is -3.71. The van der Waals surface area contributed by atoms with Gasteiger partial charge in [-0.05, 0) is 90.6 Å². The molecule has 0 radical (unpaired) electrons. The molecule has 5 rings (SSSR count). The second kappa shape index (κ2) is 13.8. The van der Waals surface area contributed by atoms with Gasteiger partial charge in [0.25, 0.3) is 10.0 Å². The maximum absolute atomic E-state index is 12.7. The first-order valence-corrected chi connectivity index (χ1v) is 20.0. The van der Waals surface area contributed by atoms with Crippen molar-refractivity contribution in [1.82, 2.24) is 14.9 Å². The van der Waals surface area contributed by atoms with Crippen LogP contribution in [0.15, 0.2) is 96.3 Å². The summed E-state index contributed by atoms with van der Waals surface area (Å²) in [6, 6.07) is 21.2. The molecule has 1 amide bonds. The summed E-state index contributed by atoms with van der Waals surface area (Å²) in [5, 5.41) is 10.2. The molecule has 1 aliphatic heterocycles. The van der Waals surface area contributed by atoms with Crippen LogP contribution in [-0.2, 0) is 20.9 Å². The average Bonchev–Trinajstić information content (AvgIpc) is 3.04. The molecule has 2 aromatic heterocycles. The highest BCUT2D eigenvalue weighted by atomic mass is 32.2. The monoisotopic (exact) mass is 674 g/mol. The zero-order valence-electron chi connectivity index (χ0n) is 27.4. The Hall–Kier alpha value is -4.26. The fraction of sp³-hybridized carbons (Fsp3) is 0.343. The van der Waals surface area contributed by atoms with Crippen LogP contribution in [0.4, 0.5) is 10.5 Å². The molecule has 47 heavy (non-hydrogen) atoms. The Bertz CT molecular complexity index is 1780. The fourth-order valence-electron chi connectivity index (χ4n) is 5.16. The number of rotatable bonds is 11. The summed E-state index contributed by atoms with van der Waals surface area (Å²) in [7, 11) is -5.94. The number of benzene rings is 2. The third-order valence-corrected chi connectivity index (χ3v) is 14.7. The summed E-state index contributed by atoms with van der Waals surface area (Å²) in [5.74, 6) is 0.712.